The first-order chi connectivity index (χ1) is 42.5. The molecule has 0 fully saturated rings. The second-order valence-electron chi connectivity index (χ2n) is 25.4. The molecule has 0 aliphatic heterocycles. The standard InChI is InChI=1S/C69H134O17P2/c1-6-9-12-15-18-21-23-24-25-26-27-28-29-30-31-34-39-45-50-55-69(74)86-65(59-80-67(72)53-48-43-40-35-36-41-46-51-62(4)5)61-84-88(77,78)82-57-63(70)56-81-87(75,76)83-60-64(58-79-66(71)52-47-42-37-32-20-17-14-11-8-3)85-68(73)54-49-44-38-33-22-19-16-13-10-7-2/h62-65,70H,6-61H2,1-5H3,(H,75,76)(H,77,78)/t63-,64+,65+/m0/s1. The Bertz CT molecular complexity index is 1700. The van der Waals surface area contributed by atoms with Gasteiger partial charge in [0.15, 0.2) is 12.2 Å². The van der Waals surface area contributed by atoms with Gasteiger partial charge < -0.3 is 33.8 Å². The molecule has 2 unspecified atom stereocenters. The quantitative estimate of drug-likeness (QED) is 0.0222. The predicted octanol–water partition coefficient (Wildman–Crippen LogP) is 19.7. The van der Waals surface area contributed by atoms with Gasteiger partial charge in [0, 0.05) is 25.7 Å². The highest BCUT2D eigenvalue weighted by Gasteiger charge is 2.30. The fourth-order valence-electron chi connectivity index (χ4n) is 10.5. The maximum Gasteiger partial charge on any atom is 0.472 e. The summed E-state index contributed by atoms with van der Waals surface area (Å²) in [7, 11) is -9.89. The van der Waals surface area contributed by atoms with Crippen LogP contribution in [-0.2, 0) is 65.4 Å². The number of hydrogen-bond acceptors (Lipinski definition) is 15. The summed E-state index contributed by atoms with van der Waals surface area (Å²) >= 11 is 0. The third-order valence-corrected chi connectivity index (χ3v) is 17.9. The van der Waals surface area contributed by atoms with E-state index in [1.54, 1.807) is 0 Å². The molecule has 88 heavy (non-hydrogen) atoms. The zero-order chi connectivity index (χ0) is 64.9. The van der Waals surface area contributed by atoms with Crippen LogP contribution in [0.3, 0.4) is 0 Å². The fraction of sp³-hybridized carbons (Fsp3) is 0.942. The number of aliphatic hydroxyl groups excluding tert-OH is 1. The maximum atomic E-state index is 13.0. The molecule has 0 aromatic rings. The summed E-state index contributed by atoms with van der Waals surface area (Å²) in [5.74, 6) is -1.42. The van der Waals surface area contributed by atoms with Gasteiger partial charge in [0.25, 0.3) is 0 Å². The summed E-state index contributed by atoms with van der Waals surface area (Å²) in [6, 6.07) is 0. The van der Waals surface area contributed by atoms with Crippen LogP contribution in [0.2, 0.25) is 0 Å². The highest BCUT2D eigenvalue weighted by Crippen LogP contribution is 2.45. The van der Waals surface area contributed by atoms with E-state index < -0.39 is 97.5 Å². The molecule has 0 aliphatic carbocycles. The summed E-state index contributed by atoms with van der Waals surface area (Å²) in [6.07, 6.45) is 48.7. The van der Waals surface area contributed by atoms with Crippen LogP contribution in [0.5, 0.6) is 0 Å². The number of hydrogen-bond donors (Lipinski definition) is 3. The van der Waals surface area contributed by atoms with E-state index in [1.807, 2.05) is 0 Å². The van der Waals surface area contributed by atoms with Crippen molar-refractivity contribution in [1.82, 2.24) is 0 Å². The van der Waals surface area contributed by atoms with Crippen molar-refractivity contribution in [2.24, 2.45) is 5.92 Å². The monoisotopic (exact) mass is 1300 g/mol. The number of esters is 4. The van der Waals surface area contributed by atoms with Gasteiger partial charge in [0.2, 0.25) is 0 Å². The molecule has 3 N–H and O–H groups in total. The van der Waals surface area contributed by atoms with Gasteiger partial charge in [-0.05, 0) is 31.6 Å². The highest BCUT2D eigenvalue weighted by molar-refractivity contribution is 7.47. The predicted molar refractivity (Wildman–Crippen MR) is 354 cm³/mol. The number of carbonyl (C=O) groups excluding carboxylic acids is 4. The number of phosphoric ester groups is 2. The molecule has 0 saturated heterocycles. The lowest BCUT2D eigenvalue weighted by atomic mass is 10.0. The van der Waals surface area contributed by atoms with Gasteiger partial charge in [-0.3, -0.25) is 37.3 Å². The third-order valence-electron chi connectivity index (χ3n) is 16.0. The third kappa shape index (κ3) is 62.8. The van der Waals surface area contributed by atoms with E-state index in [1.165, 1.54) is 173 Å². The topological polar surface area (TPSA) is 237 Å². The lowest BCUT2D eigenvalue weighted by Crippen LogP contribution is -2.30. The van der Waals surface area contributed by atoms with Crippen molar-refractivity contribution in [3.05, 3.63) is 0 Å². The smallest absolute Gasteiger partial charge is 0.462 e. The van der Waals surface area contributed by atoms with Crippen molar-refractivity contribution in [2.75, 3.05) is 39.6 Å². The lowest BCUT2D eigenvalue weighted by molar-refractivity contribution is -0.161. The molecule has 0 heterocycles. The van der Waals surface area contributed by atoms with Crippen molar-refractivity contribution in [1.29, 1.82) is 0 Å². The van der Waals surface area contributed by atoms with Gasteiger partial charge in [-0.25, -0.2) is 9.13 Å². The summed E-state index contributed by atoms with van der Waals surface area (Å²) < 4.78 is 68.1. The Morgan fingerprint density at radius 2 is 0.523 bits per heavy atom. The maximum absolute atomic E-state index is 13.0. The van der Waals surface area contributed by atoms with Crippen molar-refractivity contribution in [2.45, 2.75) is 374 Å². The number of rotatable bonds is 69. The van der Waals surface area contributed by atoms with Gasteiger partial charge in [-0.15, -0.1) is 0 Å². The molecule has 0 rings (SSSR count). The zero-order valence-corrected chi connectivity index (χ0v) is 58.6. The molecule has 17 nitrogen and oxygen atoms in total. The average Bonchev–Trinajstić information content (AvgIpc) is 3.69. The first kappa shape index (κ1) is 86.1. The normalized spacial score (nSPS) is 14.1. The van der Waals surface area contributed by atoms with E-state index in [4.69, 9.17) is 37.0 Å². The van der Waals surface area contributed by atoms with E-state index >= 15 is 0 Å². The molecule has 0 aromatic heterocycles. The molecule has 0 aromatic carbocycles. The lowest BCUT2D eigenvalue weighted by Gasteiger charge is -2.21. The van der Waals surface area contributed by atoms with Crippen LogP contribution in [0.4, 0.5) is 0 Å². The minimum absolute atomic E-state index is 0.106. The van der Waals surface area contributed by atoms with Crippen LogP contribution in [0.25, 0.3) is 0 Å². The molecule has 0 saturated carbocycles. The Kier molecular flexibility index (Phi) is 61.1. The minimum Gasteiger partial charge on any atom is -0.462 e. The van der Waals surface area contributed by atoms with Gasteiger partial charge >= 0.3 is 39.5 Å². The number of carbonyl (C=O) groups is 4. The zero-order valence-electron chi connectivity index (χ0n) is 56.9. The molecular formula is C69H134O17P2. The van der Waals surface area contributed by atoms with Crippen molar-refractivity contribution in [3.8, 4) is 0 Å². The molecule has 0 bridgehead atoms. The number of phosphoric acid groups is 2. The molecule has 19 heteroatoms. The Labute approximate surface area is 537 Å². The molecule has 0 amide bonds. The summed E-state index contributed by atoms with van der Waals surface area (Å²) in [4.78, 5) is 72.3. The SMILES string of the molecule is CCCCCCCCCCCCCCCCCCCCCC(=O)O[C@H](COC(=O)CCCCCCCCCC(C)C)COP(=O)(O)OC[C@@H](O)COP(=O)(O)OC[C@@H](COC(=O)CCCCCCCCCCC)OC(=O)CCCCCCCCCCCC. The largest absolute Gasteiger partial charge is 0.472 e. The second kappa shape index (κ2) is 62.5. The van der Waals surface area contributed by atoms with Crippen molar-refractivity contribution < 1.29 is 80.2 Å². The van der Waals surface area contributed by atoms with Crippen LogP contribution in [0, 0.1) is 5.92 Å². The van der Waals surface area contributed by atoms with Crippen LogP contribution >= 0.6 is 15.6 Å². The number of ether oxygens (including phenoxy) is 4. The van der Waals surface area contributed by atoms with Crippen LogP contribution in [0.1, 0.15) is 356 Å². The second-order valence-corrected chi connectivity index (χ2v) is 28.3. The molecule has 0 aliphatic rings. The minimum atomic E-state index is -4.95. The molecule has 0 spiro atoms. The first-order valence-corrected chi connectivity index (χ1v) is 39.1. The van der Waals surface area contributed by atoms with E-state index in [2.05, 4.69) is 34.6 Å². The van der Waals surface area contributed by atoms with Crippen LogP contribution in [0.15, 0.2) is 0 Å². The van der Waals surface area contributed by atoms with Crippen LogP contribution < -0.4 is 0 Å². The van der Waals surface area contributed by atoms with E-state index in [0.29, 0.717) is 31.6 Å². The van der Waals surface area contributed by atoms with Crippen molar-refractivity contribution in [3.63, 3.8) is 0 Å². The molecule has 0 radical (unpaired) electrons. The van der Waals surface area contributed by atoms with Gasteiger partial charge in [0.05, 0.1) is 26.4 Å². The van der Waals surface area contributed by atoms with Crippen LogP contribution in [-0.4, -0.2) is 96.7 Å². The van der Waals surface area contributed by atoms with E-state index in [-0.39, 0.29) is 25.7 Å². The first-order valence-electron chi connectivity index (χ1n) is 36.1. The van der Waals surface area contributed by atoms with Crippen molar-refractivity contribution >= 4 is 39.5 Å². The Morgan fingerprint density at radius 1 is 0.307 bits per heavy atom. The average molecular weight is 1300 g/mol. The highest BCUT2D eigenvalue weighted by atomic mass is 31.2. The number of unbranched alkanes of at least 4 members (excludes halogenated alkanes) is 41. The molecule has 522 valence electrons. The Hall–Kier alpha value is -1.94. The van der Waals surface area contributed by atoms with E-state index in [9.17, 15) is 43.2 Å². The summed E-state index contributed by atoms with van der Waals surface area (Å²) in [6.45, 7) is 7.16. The number of aliphatic hydroxyl groups is 1. The summed E-state index contributed by atoms with van der Waals surface area (Å²) in [5.41, 5.74) is 0. The Balaban J connectivity index is 5.17. The summed E-state index contributed by atoms with van der Waals surface area (Å²) in [5, 5.41) is 10.6. The molecule has 5 atom stereocenters. The van der Waals surface area contributed by atoms with E-state index in [0.717, 1.165) is 96.3 Å². The molecular weight excluding hydrogens is 1160 g/mol. The Morgan fingerprint density at radius 3 is 0.773 bits per heavy atom. The van der Waals surface area contributed by atoms with Gasteiger partial charge in [-0.2, -0.15) is 0 Å². The fourth-order valence-corrected chi connectivity index (χ4v) is 12.0. The van der Waals surface area contributed by atoms with Gasteiger partial charge in [-0.1, -0.05) is 304 Å². The van der Waals surface area contributed by atoms with Gasteiger partial charge in [0.1, 0.15) is 19.3 Å².